The Morgan fingerprint density at radius 3 is 2.48 bits per heavy atom. The quantitative estimate of drug-likeness (QED) is 0.725. The van der Waals surface area contributed by atoms with Crippen molar-refractivity contribution in [3.05, 3.63) is 53.1 Å². The third kappa shape index (κ3) is 4.16. The molecule has 1 atom stereocenters. The zero-order chi connectivity index (χ0) is 21.3. The maximum absolute atomic E-state index is 13.2. The van der Waals surface area contributed by atoms with Crippen molar-refractivity contribution in [1.82, 2.24) is 4.31 Å². The lowest BCUT2D eigenvalue weighted by atomic mass is 10.1. The predicted octanol–water partition coefficient (Wildman–Crippen LogP) is 3.30. The number of nitrogens with zero attached hydrogens (tertiary/aromatic N) is 2. The average molecular weight is 417 g/mol. The maximum atomic E-state index is 13.2. The molecule has 0 aromatic heterocycles. The Morgan fingerprint density at radius 2 is 1.86 bits per heavy atom. The molecular weight excluding hydrogens is 388 g/mol. The van der Waals surface area contributed by atoms with Gasteiger partial charge in [0.05, 0.1) is 4.90 Å². The average Bonchev–Trinajstić information content (AvgIpc) is 3.11. The molecule has 0 saturated carbocycles. The lowest BCUT2D eigenvalue weighted by Crippen LogP contribution is -2.41. The summed E-state index contributed by atoms with van der Waals surface area (Å²) >= 11 is 0. The minimum absolute atomic E-state index is 0.104. The first-order chi connectivity index (χ1) is 13.6. The molecule has 6 nitrogen and oxygen atoms in total. The van der Waals surface area contributed by atoms with Gasteiger partial charge in [0.25, 0.3) is 5.91 Å². The van der Waals surface area contributed by atoms with Crippen LogP contribution in [0.5, 0.6) is 5.75 Å². The first-order valence-corrected chi connectivity index (χ1v) is 11.2. The molecule has 0 spiro atoms. The molecule has 0 radical (unpaired) electrons. The summed E-state index contributed by atoms with van der Waals surface area (Å²) in [7, 11) is -0.484. The van der Waals surface area contributed by atoms with Gasteiger partial charge < -0.3 is 9.64 Å². The van der Waals surface area contributed by atoms with Gasteiger partial charge in [0, 0.05) is 26.3 Å². The highest BCUT2D eigenvalue weighted by atomic mass is 32.2. The SMILES string of the molecule is CC[C@H](Oc1ccc(C)c(C)c1)C(=O)N1CCc2cc(S(=O)(=O)N(C)C)ccc21. The van der Waals surface area contributed by atoms with Gasteiger partial charge in [-0.25, -0.2) is 12.7 Å². The Kier molecular flexibility index (Phi) is 6.00. The number of benzene rings is 2. The molecule has 1 amide bonds. The van der Waals surface area contributed by atoms with Gasteiger partial charge in [-0.15, -0.1) is 0 Å². The molecule has 0 N–H and O–H groups in total. The van der Waals surface area contributed by atoms with Crippen LogP contribution in [0.25, 0.3) is 0 Å². The Morgan fingerprint density at radius 1 is 1.14 bits per heavy atom. The highest BCUT2D eigenvalue weighted by Crippen LogP contribution is 2.32. The number of hydrogen-bond donors (Lipinski definition) is 0. The summed E-state index contributed by atoms with van der Waals surface area (Å²) in [6.07, 6.45) is 0.580. The Bertz CT molecular complexity index is 1030. The number of ether oxygens (including phenoxy) is 1. The van der Waals surface area contributed by atoms with Crippen molar-refractivity contribution >= 4 is 21.6 Å². The van der Waals surface area contributed by atoms with Gasteiger partial charge in [0.1, 0.15) is 5.75 Å². The van der Waals surface area contributed by atoms with E-state index in [4.69, 9.17) is 4.74 Å². The van der Waals surface area contributed by atoms with Crippen molar-refractivity contribution in [2.75, 3.05) is 25.5 Å². The summed E-state index contributed by atoms with van der Waals surface area (Å²) in [5, 5.41) is 0. The molecule has 2 aromatic carbocycles. The number of sulfonamides is 1. The molecule has 0 bridgehead atoms. The minimum Gasteiger partial charge on any atom is -0.481 e. The molecule has 156 valence electrons. The van der Waals surface area contributed by atoms with E-state index in [1.165, 1.54) is 24.0 Å². The van der Waals surface area contributed by atoms with Gasteiger partial charge in [-0.2, -0.15) is 0 Å². The fourth-order valence-corrected chi connectivity index (χ4v) is 4.36. The predicted molar refractivity (Wildman–Crippen MR) is 114 cm³/mol. The maximum Gasteiger partial charge on any atom is 0.268 e. The van der Waals surface area contributed by atoms with E-state index in [2.05, 4.69) is 0 Å². The number of amides is 1. The molecule has 7 heteroatoms. The van der Waals surface area contributed by atoms with Gasteiger partial charge in [0.15, 0.2) is 6.10 Å². The zero-order valence-electron chi connectivity index (χ0n) is 17.6. The van der Waals surface area contributed by atoms with E-state index in [1.807, 2.05) is 39.0 Å². The summed E-state index contributed by atoms with van der Waals surface area (Å²) in [6, 6.07) is 10.8. The topological polar surface area (TPSA) is 66.9 Å². The molecule has 29 heavy (non-hydrogen) atoms. The summed E-state index contributed by atoms with van der Waals surface area (Å²) in [6.45, 7) is 6.49. The molecule has 2 aromatic rings. The molecule has 0 aliphatic carbocycles. The normalized spacial score (nSPS) is 14.8. The summed E-state index contributed by atoms with van der Waals surface area (Å²) in [5.41, 5.74) is 3.91. The van der Waals surface area contributed by atoms with Crippen LogP contribution in [0.4, 0.5) is 5.69 Å². The molecule has 0 saturated heterocycles. The van der Waals surface area contributed by atoms with Crippen molar-refractivity contribution in [1.29, 1.82) is 0 Å². The number of carbonyl (C=O) groups excluding carboxylic acids is 1. The lowest BCUT2D eigenvalue weighted by Gasteiger charge is -2.24. The number of aryl methyl sites for hydroxylation is 2. The Hall–Kier alpha value is -2.38. The number of carbonyl (C=O) groups is 1. The van der Waals surface area contributed by atoms with Crippen LogP contribution < -0.4 is 9.64 Å². The number of fused-ring (bicyclic) bond motifs is 1. The molecular formula is C22H28N2O4S. The summed E-state index contributed by atoms with van der Waals surface area (Å²) in [4.78, 5) is 15.1. The van der Waals surface area contributed by atoms with Crippen molar-refractivity contribution in [2.45, 2.75) is 44.6 Å². The summed E-state index contributed by atoms with van der Waals surface area (Å²) in [5.74, 6) is 0.577. The highest BCUT2D eigenvalue weighted by molar-refractivity contribution is 7.89. The first-order valence-electron chi connectivity index (χ1n) is 9.76. The largest absolute Gasteiger partial charge is 0.481 e. The van der Waals surface area contributed by atoms with E-state index < -0.39 is 16.1 Å². The van der Waals surface area contributed by atoms with Crippen molar-refractivity contribution in [2.24, 2.45) is 0 Å². The van der Waals surface area contributed by atoms with Crippen LogP contribution in [-0.2, 0) is 21.2 Å². The van der Waals surface area contributed by atoms with Gasteiger partial charge >= 0.3 is 0 Å². The number of anilines is 1. The fourth-order valence-electron chi connectivity index (χ4n) is 3.41. The molecule has 3 rings (SSSR count). The van der Waals surface area contributed by atoms with Gasteiger partial charge in [-0.3, -0.25) is 4.79 Å². The highest BCUT2D eigenvalue weighted by Gasteiger charge is 2.32. The summed E-state index contributed by atoms with van der Waals surface area (Å²) < 4.78 is 32.0. The van der Waals surface area contributed by atoms with Crippen LogP contribution in [0.2, 0.25) is 0 Å². The minimum atomic E-state index is -3.50. The van der Waals surface area contributed by atoms with Crippen LogP contribution in [0.15, 0.2) is 41.3 Å². The molecule has 0 unspecified atom stereocenters. The molecule has 1 heterocycles. The second kappa shape index (κ2) is 8.16. The van der Waals surface area contributed by atoms with Crippen molar-refractivity contribution in [3.8, 4) is 5.75 Å². The molecule has 1 aliphatic rings. The molecule has 1 aliphatic heterocycles. The monoisotopic (exact) mass is 416 g/mol. The van der Waals surface area contributed by atoms with Crippen molar-refractivity contribution < 1.29 is 17.9 Å². The third-order valence-electron chi connectivity index (χ3n) is 5.39. The van der Waals surface area contributed by atoms with Crippen LogP contribution >= 0.6 is 0 Å². The molecule has 0 fully saturated rings. The Labute approximate surface area is 173 Å². The first kappa shape index (κ1) is 21.3. The van der Waals surface area contributed by atoms with Gasteiger partial charge in [0.2, 0.25) is 10.0 Å². The number of rotatable bonds is 6. The van der Waals surface area contributed by atoms with Crippen LogP contribution in [0.1, 0.15) is 30.0 Å². The van der Waals surface area contributed by atoms with E-state index in [0.717, 1.165) is 16.8 Å². The van der Waals surface area contributed by atoms with Gasteiger partial charge in [-0.05, 0) is 73.7 Å². The second-order valence-electron chi connectivity index (χ2n) is 7.58. The van der Waals surface area contributed by atoms with Gasteiger partial charge in [-0.1, -0.05) is 13.0 Å². The van der Waals surface area contributed by atoms with Crippen LogP contribution in [0, 0.1) is 13.8 Å². The smallest absolute Gasteiger partial charge is 0.268 e. The van der Waals surface area contributed by atoms with E-state index in [0.29, 0.717) is 25.1 Å². The van der Waals surface area contributed by atoms with E-state index in [1.54, 1.807) is 23.1 Å². The van der Waals surface area contributed by atoms with Crippen LogP contribution in [0.3, 0.4) is 0 Å². The standard InChI is InChI=1S/C22H28N2O4S/c1-6-21(28-18-8-7-15(2)16(3)13-18)22(25)24-12-11-17-14-19(9-10-20(17)24)29(26,27)23(4)5/h7-10,13-14,21H,6,11-12H2,1-5H3/t21-/m0/s1. The van der Waals surface area contributed by atoms with Crippen molar-refractivity contribution in [3.63, 3.8) is 0 Å². The van der Waals surface area contributed by atoms with E-state index in [9.17, 15) is 13.2 Å². The van der Waals surface area contributed by atoms with E-state index >= 15 is 0 Å². The van der Waals surface area contributed by atoms with E-state index in [-0.39, 0.29) is 10.8 Å². The third-order valence-corrected chi connectivity index (χ3v) is 7.21. The van der Waals surface area contributed by atoms with Crippen LogP contribution in [-0.4, -0.2) is 45.4 Å². The Balaban J connectivity index is 1.83. The number of hydrogen-bond acceptors (Lipinski definition) is 4. The zero-order valence-corrected chi connectivity index (χ0v) is 18.4. The second-order valence-corrected chi connectivity index (χ2v) is 9.73. The fraction of sp³-hybridized carbons (Fsp3) is 0.409. The lowest BCUT2D eigenvalue weighted by molar-refractivity contribution is -0.125.